The van der Waals surface area contributed by atoms with Crippen LogP contribution in [0, 0.1) is 0 Å². The molecule has 1 unspecified atom stereocenters. The quantitative estimate of drug-likeness (QED) is 0.875. The Morgan fingerprint density at radius 3 is 2.58 bits per heavy atom. The number of aromatic nitrogens is 2. The van der Waals surface area contributed by atoms with Crippen molar-refractivity contribution in [2.24, 2.45) is 0 Å². The van der Waals surface area contributed by atoms with Crippen molar-refractivity contribution in [2.75, 3.05) is 11.9 Å². The third kappa shape index (κ3) is 3.67. The van der Waals surface area contributed by atoms with Crippen molar-refractivity contribution in [1.29, 1.82) is 0 Å². The second-order valence-electron chi connectivity index (χ2n) is 4.24. The Hall–Kier alpha value is -1.62. The maximum Gasteiger partial charge on any atom is 0.203 e. The molecule has 5 heteroatoms. The molecule has 1 atom stereocenters. The SMILES string of the molecule is CCOc1ccc(C(C)Nc2nc(CC)ns2)cc1. The van der Waals surface area contributed by atoms with Crippen molar-refractivity contribution in [2.45, 2.75) is 33.2 Å². The molecule has 0 saturated carbocycles. The summed E-state index contributed by atoms with van der Waals surface area (Å²) in [5.41, 5.74) is 1.21. The number of aryl methyl sites for hydroxylation is 1. The molecule has 0 radical (unpaired) electrons. The normalized spacial score (nSPS) is 12.2. The minimum absolute atomic E-state index is 0.202. The van der Waals surface area contributed by atoms with Gasteiger partial charge in [-0.3, -0.25) is 0 Å². The van der Waals surface area contributed by atoms with E-state index in [9.17, 15) is 0 Å². The molecule has 0 bridgehead atoms. The molecule has 0 spiro atoms. The van der Waals surface area contributed by atoms with E-state index in [1.807, 2.05) is 19.1 Å². The van der Waals surface area contributed by atoms with Crippen molar-refractivity contribution in [1.82, 2.24) is 9.36 Å². The van der Waals surface area contributed by atoms with E-state index < -0.39 is 0 Å². The maximum absolute atomic E-state index is 5.44. The number of rotatable bonds is 6. The second-order valence-corrected chi connectivity index (χ2v) is 4.99. The molecule has 1 aromatic carbocycles. The van der Waals surface area contributed by atoms with Crippen LogP contribution in [0.3, 0.4) is 0 Å². The lowest BCUT2D eigenvalue weighted by atomic mass is 10.1. The summed E-state index contributed by atoms with van der Waals surface area (Å²) in [6.45, 7) is 6.85. The zero-order valence-corrected chi connectivity index (χ0v) is 12.3. The summed E-state index contributed by atoms with van der Waals surface area (Å²) in [6, 6.07) is 8.34. The van der Waals surface area contributed by atoms with E-state index in [1.165, 1.54) is 17.1 Å². The van der Waals surface area contributed by atoms with Gasteiger partial charge in [0, 0.05) is 18.0 Å². The van der Waals surface area contributed by atoms with Crippen molar-refractivity contribution in [3.05, 3.63) is 35.7 Å². The molecule has 1 aromatic heterocycles. The summed E-state index contributed by atoms with van der Waals surface area (Å²) >= 11 is 1.41. The smallest absolute Gasteiger partial charge is 0.203 e. The van der Waals surface area contributed by atoms with Crippen LogP contribution < -0.4 is 10.1 Å². The minimum Gasteiger partial charge on any atom is -0.494 e. The molecule has 4 nitrogen and oxygen atoms in total. The van der Waals surface area contributed by atoms with E-state index in [1.54, 1.807) is 0 Å². The van der Waals surface area contributed by atoms with Gasteiger partial charge in [-0.05, 0) is 31.5 Å². The number of nitrogens with zero attached hydrogens (tertiary/aromatic N) is 2. The highest BCUT2D eigenvalue weighted by Crippen LogP contribution is 2.22. The summed E-state index contributed by atoms with van der Waals surface area (Å²) in [7, 11) is 0. The summed E-state index contributed by atoms with van der Waals surface area (Å²) in [4.78, 5) is 4.41. The molecule has 0 fully saturated rings. The summed E-state index contributed by atoms with van der Waals surface area (Å²) in [5.74, 6) is 1.80. The first kappa shape index (κ1) is 13.8. The molecule has 102 valence electrons. The molecule has 1 N–H and O–H groups in total. The van der Waals surface area contributed by atoms with Crippen molar-refractivity contribution in [3.8, 4) is 5.75 Å². The van der Waals surface area contributed by atoms with Crippen LogP contribution in [0.4, 0.5) is 5.13 Å². The van der Waals surface area contributed by atoms with E-state index in [0.717, 1.165) is 23.1 Å². The molecule has 0 amide bonds. The third-order valence-electron chi connectivity index (χ3n) is 2.82. The van der Waals surface area contributed by atoms with Gasteiger partial charge >= 0.3 is 0 Å². The summed E-state index contributed by atoms with van der Waals surface area (Å²) < 4.78 is 9.70. The lowest BCUT2D eigenvalue weighted by Gasteiger charge is -2.13. The Labute approximate surface area is 118 Å². The maximum atomic E-state index is 5.44. The van der Waals surface area contributed by atoms with Gasteiger partial charge in [0.15, 0.2) is 0 Å². The van der Waals surface area contributed by atoms with Crippen LogP contribution in [0.25, 0.3) is 0 Å². The van der Waals surface area contributed by atoms with E-state index in [-0.39, 0.29) is 6.04 Å². The van der Waals surface area contributed by atoms with Crippen molar-refractivity contribution >= 4 is 16.7 Å². The highest BCUT2D eigenvalue weighted by molar-refractivity contribution is 7.09. The first-order valence-corrected chi connectivity index (χ1v) is 7.32. The number of ether oxygens (including phenoxy) is 1. The Morgan fingerprint density at radius 1 is 1.26 bits per heavy atom. The lowest BCUT2D eigenvalue weighted by Crippen LogP contribution is -2.06. The number of nitrogens with one attached hydrogen (secondary N) is 1. The Balaban J connectivity index is 2.00. The Morgan fingerprint density at radius 2 is 2.00 bits per heavy atom. The van der Waals surface area contributed by atoms with Gasteiger partial charge in [-0.25, -0.2) is 4.98 Å². The predicted octanol–water partition coefficient (Wildman–Crippen LogP) is 3.67. The fourth-order valence-corrected chi connectivity index (χ4v) is 2.48. The fourth-order valence-electron chi connectivity index (χ4n) is 1.74. The van der Waals surface area contributed by atoms with Crippen LogP contribution in [0.15, 0.2) is 24.3 Å². The van der Waals surface area contributed by atoms with E-state index in [0.29, 0.717) is 6.61 Å². The summed E-state index contributed by atoms with van der Waals surface area (Å²) in [6.07, 6.45) is 0.871. The van der Waals surface area contributed by atoms with E-state index in [4.69, 9.17) is 4.74 Å². The van der Waals surface area contributed by atoms with Gasteiger partial charge in [-0.1, -0.05) is 19.1 Å². The zero-order valence-electron chi connectivity index (χ0n) is 11.5. The van der Waals surface area contributed by atoms with Gasteiger partial charge in [0.25, 0.3) is 0 Å². The molecule has 0 aliphatic rings. The van der Waals surface area contributed by atoms with Crippen LogP contribution in [0.2, 0.25) is 0 Å². The van der Waals surface area contributed by atoms with Gasteiger partial charge in [-0.2, -0.15) is 4.37 Å². The predicted molar refractivity (Wildman–Crippen MR) is 78.9 cm³/mol. The molecule has 2 rings (SSSR count). The topological polar surface area (TPSA) is 47.0 Å². The lowest BCUT2D eigenvalue weighted by molar-refractivity contribution is 0.340. The Bertz CT molecular complexity index is 510. The van der Waals surface area contributed by atoms with Crippen LogP contribution >= 0.6 is 11.5 Å². The number of benzene rings is 1. The molecule has 0 aliphatic heterocycles. The number of hydrogen-bond acceptors (Lipinski definition) is 5. The second kappa shape index (κ2) is 6.52. The molecule has 0 aliphatic carbocycles. The monoisotopic (exact) mass is 277 g/mol. The standard InChI is InChI=1S/C14H19N3OS/c1-4-13-16-14(19-17-13)15-10(3)11-6-8-12(9-7-11)18-5-2/h6-10H,4-5H2,1-3H3,(H,15,16,17). The first-order valence-electron chi connectivity index (χ1n) is 6.54. The highest BCUT2D eigenvalue weighted by Gasteiger charge is 2.08. The van der Waals surface area contributed by atoms with Crippen LogP contribution in [0.5, 0.6) is 5.75 Å². The molecule has 1 heterocycles. The van der Waals surface area contributed by atoms with Gasteiger partial charge in [0.05, 0.1) is 12.6 Å². The van der Waals surface area contributed by atoms with Gasteiger partial charge in [-0.15, -0.1) is 0 Å². The van der Waals surface area contributed by atoms with Crippen LogP contribution in [-0.4, -0.2) is 16.0 Å². The van der Waals surface area contributed by atoms with E-state index >= 15 is 0 Å². The largest absolute Gasteiger partial charge is 0.494 e. The number of anilines is 1. The first-order chi connectivity index (χ1) is 9.22. The third-order valence-corrected chi connectivity index (χ3v) is 3.50. The zero-order chi connectivity index (χ0) is 13.7. The van der Waals surface area contributed by atoms with Crippen molar-refractivity contribution < 1.29 is 4.74 Å². The van der Waals surface area contributed by atoms with Crippen molar-refractivity contribution in [3.63, 3.8) is 0 Å². The average molecular weight is 277 g/mol. The fraction of sp³-hybridized carbons (Fsp3) is 0.429. The molecule has 0 saturated heterocycles. The molecular formula is C14H19N3OS. The van der Waals surface area contributed by atoms with Gasteiger partial charge in [0.2, 0.25) is 5.13 Å². The van der Waals surface area contributed by atoms with E-state index in [2.05, 4.69) is 40.7 Å². The Kier molecular flexibility index (Phi) is 4.74. The van der Waals surface area contributed by atoms with Gasteiger partial charge in [0.1, 0.15) is 11.6 Å². The molecular weight excluding hydrogens is 258 g/mol. The van der Waals surface area contributed by atoms with Gasteiger partial charge < -0.3 is 10.1 Å². The average Bonchev–Trinajstić information content (AvgIpc) is 2.87. The molecule has 2 aromatic rings. The highest BCUT2D eigenvalue weighted by atomic mass is 32.1. The molecule has 19 heavy (non-hydrogen) atoms. The van der Waals surface area contributed by atoms with Crippen LogP contribution in [-0.2, 0) is 6.42 Å². The number of hydrogen-bond donors (Lipinski definition) is 1. The minimum atomic E-state index is 0.202. The summed E-state index contributed by atoms with van der Waals surface area (Å²) in [5, 5.41) is 4.24. The van der Waals surface area contributed by atoms with Crippen LogP contribution in [0.1, 0.15) is 38.2 Å².